The lowest BCUT2D eigenvalue weighted by atomic mass is 9.98. The van der Waals surface area contributed by atoms with E-state index in [0.29, 0.717) is 12.1 Å². The monoisotopic (exact) mass is 237 g/mol. The van der Waals surface area contributed by atoms with Gasteiger partial charge in [0, 0.05) is 31.7 Å². The molecule has 1 aliphatic rings. The lowest BCUT2D eigenvalue weighted by Gasteiger charge is -2.41. The van der Waals surface area contributed by atoms with Gasteiger partial charge in [0.2, 0.25) is 0 Å². The van der Waals surface area contributed by atoms with Crippen molar-refractivity contribution in [2.45, 2.75) is 18.5 Å². The van der Waals surface area contributed by atoms with Gasteiger partial charge in [0.05, 0.1) is 12.5 Å². The molecule has 0 aromatic carbocycles. The van der Waals surface area contributed by atoms with Crippen LogP contribution in [0.4, 0.5) is 0 Å². The molecule has 1 fully saturated rings. The molecule has 1 saturated heterocycles. The predicted molar refractivity (Wildman–Crippen MR) is 69.2 cm³/mol. The summed E-state index contributed by atoms with van der Waals surface area (Å²) < 4.78 is 5.14. The fourth-order valence-electron chi connectivity index (χ4n) is 2.57. The maximum Gasteiger partial charge on any atom is 0.0935 e. The molecule has 0 saturated carbocycles. The van der Waals surface area contributed by atoms with Crippen LogP contribution in [0, 0.1) is 0 Å². The number of likely N-dealkylation sites (N-methyl/N-ethyl adjacent to an activating group) is 3. The average molecular weight is 237 g/mol. The Hall–Kier alpha value is -0.840. The number of furan rings is 1. The molecule has 2 atom stereocenters. The minimum atomic E-state index is 0.473. The zero-order valence-electron chi connectivity index (χ0n) is 11.0. The zero-order valence-corrected chi connectivity index (χ0v) is 11.0. The third-order valence-corrected chi connectivity index (χ3v) is 3.77. The van der Waals surface area contributed by atoms with E-state index in [-0.39, 0.29) is 0 Å². The molecule has 1 aliphatic heterocycles. The number of piperazine rings is 1. The van der Waals surface area contributed by atoms with Crippen molar-refractivity contribution in [3.63, 3.8) is 0 Å². The van der Waals surface area contributed by atoms with E-state index >= 15 is 0 Å². The first-order valence-electron chi connectivity index (χ1n) is 6.28. The number of nitrogens with one attached hydrogen (secondary N) is 1. The minimum Gasteiger partial charge on any atom is -0.472 e. The van der Waals surface area contributed by atoms with Gasteiger partial charge in [0.1, 0.15) is 0 Å². The van der Waals surface area contributed by atoms with E-state index in [9.17, 15) is 0 Å². The van der Waals surface area contributed by atoms with Crippen molar-refractivity contribution in [1.29, 1.82) is 0 Å². The van der Waals surface area contributed by atoms with Gasteiger partial charge in [0.25, 0.3) is 0 Å². The summed E-state index contributed by atoms with van der Waals surface area (Å²) in [7, 11) is 6.47. The highest BCUT2D eigenvalue weighted by Gasteiger charge is 2.29. The van der Waals surface area contributed by atoms with Crippen LogP contribution in [0.15, 0.2) is 23.0 Å². The number of nitrogens with zero attached hydrogens (tertiary/aromatic N) is 2. The third kappa shape index (κ3) is 3.09. The molecule has 0 spiro atoms. The van der Waals surface area contributed by atoms with Gasteiger partial charge < -0.3 is 14.6 Å². The molecule has 0 amide bonds. The van der Waals surface area contributed by atoms with Crippen molar-refractivity contribution >= 4 is 0 Å². The average Bonchev–Trinajstić information content (AvgIpc) is 2.82. The maximum absolute atomic E-state index is 5.14. The molecule has 96 valence electrons. The summed E-state index contributed by atoms with van der Waals surface area (Å²) >= 11 is 0. The van der Waals surface area contributed by atoms with E-state index in [1.807, 2.05) is 13.3 Å². The van der Waals surface area contributed by atoms with Gasteiger partial charge in [-0.25, -0.2) is 0 Å². The molecular weight excluding hydrogens is 214 g/mol. The maximum atomic E-state index is 5.14. The van der Waals surface area contributed by atoms with Crippen LogP contribution < -0.4 is 5.32 Å². The van der Waals surface area contributed by atoms with Gasteiger partial charge in [-0.1, -0.05) is 0 Å². The Morgan fingerprint density at radius 1 is 1.47 bits per heavy atom. The summed E-state index contributed by atoms with van der Waals surface area (Å²) in [5.74, 6) is 0. The van der Waals surface area contributed by atoms with Crippen LogP contribution in [-0.4, -0.2) is 62.7 Å². The number of hydrogen-bond donors (Lipinski definition) is 1. The second-order valence-corrected chi connectivity index (χ2v) is 5.04. The number of rotatable bonds is 4. The van der Waals surface area contributed by atoms with E-state index in [1.165, 1.54) is 5.56 Å². The quantitative estimate of drug-likeness (QED) is 0.833. The molecule has 17 heavy (non-hydrogen) atoms. The first-order valence-corrected chi connectivity index (χ1v) is 6.28. The van der Waals surface area contributed by atoms with Crippen molar-refractivity contribution in [2.24, 2.45) is 0 Å². The van der Waals surface area contributed by atoms with Crippen molar-refractivity contribution in [1.82, 2.24) is 15.1 Å². The highest BCUT2D eigenvalue weighted by Crippen LogP contribution is 2.14. The van der Waals surface area contributed by atoms with Crippen LogP contribution in [0.1, 0.15) is 5.56 Å². The van der Waals surface area contributed by atoms with Crippen LogP contribution in [-0.2, 0) is 6.42 Å². The van der Waals surface area contributed by atoms with Crippen molar-refractivity contribution in [2.75, 3.05) is 40.8 Å². The second-order valence-electron chi connectivity index (χ2n) is 5.04. The molecule has 0 aliphatic carbocycles. The van der Waals surface area contributed by atoms with E-state index in [1.54, 1.807) is 6.26 Å². The molecule has 2 unspecified atom stereocenters. The van der Waals surface area contributed by atoms with Crippen LogP contribution in [0.3, 0.4) is 0 Å². The van der Waals surface area contributed by atoms with Gasteiger partial charge in [-0.2, -0.15) is 0 Å². The molecule has 2 rings (SSSR count). The normalized spacial score (nSPS) is 25.0. The summed E-state index contributed by atoms with van der Waals surface area (Å²) in [6.45, 7) is 3.43. The fraction of sp³-hybridized carbons (Fsp3) is 0.692. The summed E-state index contributed by atoms with van der Waals surface area (Å²) in [6.07, 6.45) is 4.62. The zero-order chi connectivity index (χ0) is 12.3. The third-order valence-electron chi connectivity index (χ3n) is 3.77. The first-order chi connectivity index (χ1) is 8.20. The number of hydrogen-bond acceptors (Lipinski definition) is 4. The van der Waals surface area contributed by atoms with Crippen molar-refractivity contribution in [3.8, 4) is 0 Å². The van der Waals surface area contributed by atoms with E-state index < -0.39 is 0 Å². The van der Waals surface area contributed by atoms with Gasteiger partial charge in [-0.05, 0) is 39.2 Å². The lowest BCUT2D eigenvalue weighted by Crippen LogP contribution is -2.58. The highest BCUT2D eigenvalue weighted by molar-refractivity contribution is 5.09. The van der Waals surface area contributed by atoms with Crippen molar-refractivity contribution < 1.29 is 4.42 Å². The molecule has 1 N–H and O–H groups in total. The summed E-state index contributed by atoms with van der Waals surface area (Å²) in [4.78, 5) is 4.87. The minimum absolute atomic E-state index is 0.473. The first kappa shape index (κ1) is 12.6. The summed E-state index contributed by atoms with van der Waals surface area (Å²) in [5, 5.41) is 3.45. The summed E-state index contributed by atoms with van der Waals surface area (Å²) in [6, 6.07) is 3.09. The Kier molecular flexibility index (Phi) is 4.20. The Morgan fingerprint density at radius 2 is 2.29 bits per heavy atom. The fourth-order valence-corrected chi connectivity index (χ4v) is 2.57. The molecule has 0 bridgehead atoms. The van der Waals surface area contributed by atoms with Crippen LogP contribution in [0.5, 0.6) is 0 Å². The molecule has 0 radical (unpaired) electrons. The van der Waals surface area contributed by atoms with Gasteiger partial charge in [0.15, 0.2) is 0 Å². The second kappa shape index (κ2) is 5.67. The molecule has 2 heterocycles. The molecule has 4 nitrogen and oxygen atoms in total. The largest absolute Gasteiger partial charge is 0.472 e. The Balaban J connectivity index is 2.01. The molecular formula is C13H23N3O. The van der Waals surface area contributed by atoms with Gasteiger partial charge in [-0.3, -0.25) is 4.90 Å². The lowest BCUT2D eigenvalue weighted by molar-refractivity contribution is 0.0897. The predicted octanol–water partition coefficient (Wildman–Crippen LogP) is 0.656. The van der Waals surface area contributed by atoms with E-state index in [4.69, 9.17) is 4.42 Å². The van der Waals surface area contributed by atoms with E-state index in [2.05, 4.69) is 35.3 Å². The van der Waals surface area contributed by atoms with Crippen molar-refractivity contribution in [3.05, 3.63) is 24.2 Å². The standard InChI is InChI=1S/C13H23N3O/c1-14-12(8-11-4-7-17-10-11)13-9-15(2)5-6-16(13)3/h4,7,10,12-14H,5-6,8-9H2,1-3H3. The van der Waals surface area contributed by atoms with Gasteiger partial charge >= 0.3 is 0 Å². The van der Waals surface area contributed by atoms with Gasteiger partial charge in [-0.15, -0.1) is 0 Å². The summed E-state index contributed by atoms with van der Waals surface area (Å²) in [5.41, 5.74) is 1.27. The van der Waals surface area contributed by atoms with Crippen LogP contribution in [0.2, 0.25) is 0 Å². The Bertz CT molecular complexity index is 325. The SMILES string of the molecule is CNC(Cc1ccoc1)C1CN(C)CCN1C. The highest BCUT2D eigenvalue weighted by atomic mass is 16.3. The topological polar surface area (TPSA) is 31.7 Å². The Labute approximate surface area is 104 Å². The molecule has 1 aromatic rings. The Morgan fingerprint density at radius 3 is 2.94 bits per heavy atom. The molecule has 1 aromatic heterocycles. The smallest absolute Gasteiger partial charge is 0.0935 e. The molecule has 4 heteroatoms. The van der Waals surface area contributed by atoms with E-state index in [0.717, 1.165) is 26.1 Å². The van der Waals surface area contributed by atoms with Crippen LogP contribution in [0.25, 0.3) is 0 Å². The van der Waals surface area contributed by atoms with Crippen LogP contribution >= 0.6 is 0 Å².